The Balaban J connectivity index is 1.58. The van der Waals surface area contributed by atoms with Crippen LogP contribution in [-0.4, -0.2) is 46.7 Å². The quantitative estimate of drug-likeness (QED) is 0.633. The molecule has 1 saturated heterocycles. The molecule has 1 aliphatic rings. The van der Waals surface area contributed by atoms with E-state index in [1.807, 2.05) is 30.3 Å². The third-order valence-corrected chi connectivity index (χ3v) is 4.67. The van der Waals surface area contributed by atoms with E-state index < -0.39 is 0 Å². The fourth-order valence-electron chi connectivity index (χ4n) is 3.15. The van der Waals surface area contributed by atoms with Crippen LogP contribution in [0.5, 0.6) is 0 Å². The lowest BCUT2D eigenvalue weighted by Crippen LogP contribution is -2.51. The Bertz CT molecular complexity index is 931. The summed E-state index contributed by atoms with van der Waals surface area (Å²) in [5.74, 6) is 0.591. The van der Waals surface area contributed by atoms with Gasteiger partial charge in [-0.15, -0.1) is 0 Å². The average molecular weight is 377 g/mol. The number of hydrogen-bond donors (Lipinski definition) is 3. The molecule has 1 aromatic carbocycles. The molecule has 0 radical (unpaired) electrons. The van der Waals surface area contributed by atoms with Gasteiger partial charge in [0.05, 0.1) is 36.8 Å². The van der Waals surface area contributed by atoms with Crippen molar-refractivity contribution in [3.63, 3.8) is 0 Å². The minimum absolute atomic E-state index is 0.0904. The minimum atomic E-state index is -0.324. The number of nitrogens with zero attached hydrogens (tertiary/aromatic N) is 2. The number of hydrogen-bond acceptors (Lipinski definition) is 5. The zero-order valence-electron chi connectivity index (χ0n) is 15.7. The van der Waals surface area contributed by atoms with Gasteiger partial charge in [0.2, 0.25) is 5.91 Å². The van der Waals surface area contributed by atoms with Gasteiger partial charge in [0.25, 0.3) is 0 Å². The van der Waals surface area contributed by atoms with Crippen LogP contribution < -0.4 is 10.6 Å². The first kappa shape index (κ1) is 18.3. The Kier molecular flexibility index (Phi) is 5.45. The molecule has 0 spiro atoms. The van der Waals surface area contributed by atoms with E-state index in [1.165, 1.54) is 5.56 Å². The average Bonchev–Trinajstić information content (AvgIpc) is 3.18. The topological polar surface area (TPSA) is 91.9 Å². The van der Waals surface area contributed by atoms with Crippen molar-refractivity contribution in [2.75, 3.05) is 19.8 Å². The summed E-state index contributed by atoms with van der Waals surface area (Å²) in [6.45, 7) is 4.06. The first-order valence-corrected chi connectivity index (χ1v) is 9.37. The third kappa shape index (κ3) is 4.11. The van der Waals surface area contributed by atoms with Gasteiger partial charge in [-0.05, 0) is 19.1 Å². The summed E-state index contributed by atoms with van der Waals surface area (Å²) < 4.78 is 5.35. The molecule has 1 aliphatic heterocycles. The van der Waals surface area contributed by atoms with E-state index in [-0.39, 0.29) is 11.9 Å². The molecule has 4 rings (SSSR count). The first-order valence-electron chi connectivity index (χ1n) is 9.37. The Labute approximate surface area is 163 Å². The number of H-pyrrole nitrogens is 1. The van der Waals surface area contributed by atoms with Gasteiger partial charge in [-0.1, -0.05) is 35.9 Å². The largest absolute Gasteiger partial charge is 0.378 e. The summed E-state index contributed by atoms with van der Waals surface area (Å²) >= 11 is 0. The normalized spacial score (nSPS) is 16.7. The number of aromatic nitrogens is 3. The maximum atomic E-state index is 12.3. The highest BCUT2D eigenvalue weighted by molar-refractivity contribution is 5.82. The van der Waals surface area contributed by atoms with Crippen molar-refractivity contribution >= 4 is 5.91 Å². The molecule has 0 unspecified atom stereocenters. The minimum Gasteiger partial charge on any atom is -0.378 e. The van der Waals surface area contributed by atoms with E-state index in [4.69, 9.17) is 9.72 Å². The van der Waals surface area contributed by atoms with Crippen molar-refractivity contribution in [3.05, 3.63) is 60.0 Å². The van der Waals surface area contributed by atoms with Gasteiger partial charge in [0.1, 0.15) is 11.9 Å². The molecule has 1 amide bonds. The van der Waals surface area contributed by atoms with Crippen LogP contribution in [0.25, 0.3) is 22.6 Å². The first-order chi connectivity index (χ1) is 13.7. The van der Waals surface area contributed by atoms with E-state index in [1.54, 1.807) is 6.20 Å². The number of carbonyl (C=O) groups excluding carboxylic acids is 1. The fraction of sp³-hybridized carbons (Fsp3) is 0.286. The number of aryl methyl sites for hydroxylation is 1. The lowest BCUT2D eigenvalue weighted by Gasteiger charge is -2.22. The highest BCUT2D eigenvalue weighted by Crippen LogP contribution is 2.29. The van der Waals surface area contributed by atoms with Gasteiger partial charge in [-0.25, -0.2) is 4.98 Å². The number of morpholine rings is 1. The Morgan fingerprint density at radius 1 is 1.25 bits per heavy atom. The monoisotopic (exact) mass is 377 g/mol. The van der Waals surface area contributed by atoms with Gasteiger partial charge in [-0.3, -0.25) is 9.78 Å². The van der Waals surface area contributed by atoms with Crippen LogP contribution in [0.4, 0.5) is 0 Å². The zero-order chi connectivity index (χ0) is 19.3. The van der Waals surface area contributed by atoms with E-state index in [9.17, 15) is 4.79 Å². The molecule has 2 aromatic heterocycles. The van der Waals surface area contributed by atoms with Crippen LogP contribution in [0.1, 0.15) is 11.4 Å². The van der Waals surface area contributed by atoms with Crippen LogP contribution in [-0.2, 0) is 16.1 Å². The maximum Gasteiger partial charge on any atom is 0.239 e. The van der Waals surface area contributed by atoms with Crippen molar-refractivity contribution in [2.24, 2.45) is 0 Å². The van der Waals surface area contributed by atoms with Gasteiger partial charge in [0.15, 0.2) is 0 Å². The smallest absolute Gasteiger partial charge is 0.239 e. The number of amides is 1. The number of pyridine rings is 1. The molecular formula is C21H23N5O2. The molecule has 1 fully saturated rings. The summed E-state index contributed by atoms with van der Waals surface area (Å²) in [7, 11) is 0. The second kappa shape index (κ2) is 8.33. The van der Waals surface area contributed by atoms with Gasteiger partial charge in [0, 0.05) is 18.3 Å². The standard InChI is InChI=1S/C21H23N5O2/c1-14-5-7-15(8-6-14)19-20(16-4-2-3-9-22-16)26-18(25-19)12-24-21(27)17-13-28-11-10-23-17/h2-9,17,23H,10-13H2,1H3,(H,24,27)(H,25,26)/t17-/m1/s1. The Morgan fingerprint density at radius 3 is 2.82 bits per heavy atom. The summed E-state index contributed by atoms with van der Waals surface area (Å²) in [5, 5.41) is 6.08. The summed E-state index contributed by atoms with van der Waals surface area (Å²) in [4.78, 5) is 24.9. The van der Waals surface area contributed by atoms with Gasteiger partial charge in [-0.2, -0.15) is 0 Å². The summed E-state index contributed by atoms with van der Waals surface area (Å²) in [6.07, 6.45) is 1.76. The molecular weight excluding hydrogens is 354 g/mol. The molecule has 3 aromatic rings. The lowest BCUT2D eigenvalue weighted by molar-refractivity contribution is -0.126. The van der Waals surface area contributed by atoms with Crippen LogP contribution in [0.2, 0.25) is 0 Å². The molecule has 0 aliphatic carbocycles. The molecule has 7 nitrogen and oxygen atoms in total. The van der Waals surface area contributed by atoms with E-state index in [0.29, 0.717) is 32.1 Å². The highest BCUT2D eigenvalue weighted by atomic mass is 16.5. The second-order valence-electron chi connectivity index (χ2n) is 6.79. The van der Waals surface area contributed by atoms with E-state index in [2.05, 4.69) is 39.7 Å². The number of carbonyl (C=O) groups is 1. The third-order valence-electron chi connectivity index (χ3n) is 4.67. The molecule has 144 valence electrons. The maximum absolute atomic E-state index is 12.3. The summed E-state index contributed by atoms with van der Waals surface area (Å²) in [5.41, 5.74) is 4.66. The highest BCUT2D eigenvalue weighted by Gasteiger charge is 2.21. The SMILES string of the molecule is Cc1ccc(-c2nc(CNC(=O)[C@H]3COCCN3)[nH]c2-c2ccccn2)cc1. The fourth-order valence-corrected chi connectivity index (χ4v) is 3.15. The molecule has 0 bridgehead atoms. The molecule has 0 saturated carbocycles. The number of rotatable bonds is 5. The van der Waals surface area contributed by atoms with Crippen molar-refractivity contribution in [3.8, 4) is 22.6 Å². The van der Waals surface area contributed by atoms with Gasteiger partial charge < -0.3 is 20.4 Å². The predicted octanol–water partition coefficient (Wildman–Crippen LogP) is 2.05. The van der Waals surface area contributed by atoms with Crippen LogP contribution in [0, 0.1) is 6.92 Å². The van der Waals surface area contributed by atoms with Crippen LogP contribution in [0.3, 0.4) is 0 Å². The Hall–Kier alpha value is -3.03. The molecule has 3 N–H and O–H groups in total. The predicted molar refractivity (Wildman–Crippen MR) is 106 cm³/mol. The Morgan fingerprint density at radius 2 is 2.11 bits per heavy atom. The van der Waals surface area contributed by atoms with Gasteiger partial charge >= 0.3 is 0 Å². The number of benzene rings is 1. The number of imidazole rings is 1. The van der Waals surface area contributed by atoms with E-state index >= 15 is 0 Å². The summed E-state index contributed by atoms with van der Waals surface area (Å²) in [6, 6.07) is 13.6. The molecule has 28 heavy (non-hydrogen) atoms. The second-order valence-corrected chi connectivity index (χ2v) is 6.79. The number of aromatic amines is 1. The zero-order valence-corrected chi connectivity index (χ0v) is 15.7. The number of ether oxygens (including phenoxy) is 1. The van der Waals surface area contributed by atoms with Crippen molar-refractivity contribution in [2.45, 2.75) is 19.5 Å². The van der Waals surface area contributed by atoms with Crippen molar-refractivity contribution in [1.29, 1.82) is 0 Å². The van der Waals surface area contributed by atoms with Crippen LogP contribution in [0.15, 0.2) is 48.7 Å². The lowest BCUT2D eigenvalue weighted by atomic mass is 10.1. The van der Waals surface area contributed by atoms with E-state index in [0.717, 1.165) is 22.6 Å². The number of nitrogens with one attached hydrogen (secondary N) is 3. The molecule has 3 heterocycles. The van der Waals surface area contributed by atoms with Crippen LogP contribution >= 0.6 is 0 Å². The molecule has 1 atom stereocenters. The molecule has 7 heteroatoms. The van der Waals surface area contributed by atoms with Crippen molar-refractivity contribution < 1.29 is 9.53 Å². The van der Waals surface area contributed by atoms with Crippen molar-refractivity contribution in [1.82, 2.24) is 25.6 Å².